The van der Waals surface area contributed by atoms with Gasteiger partial charge in [-0.1, -0.05) is 43.2 Å². The summed E-state index contributed by atoms with van der Waals surface area (Å²) in [6.45, 7) is 3.42. The molecule has 0 bridgehead atoms. The standard InChI is InChI=1S/C17H23NO2/c1-13-12-20-16(14-7-3-2-4-8-14)11-18(13)17(19)15-9-5-6-10-15/h2-4,7-8,13,15-16H,5-6,9-12H2,1H3. The number of rotatable bonds is 2. The highest BCUT2D eigenvalue weighted by Crippen LogP contribution is 2.31. The second-order valence-corrected chi connectivity index (χ2v) is 6.05. The molecule has 1 aliphatic heterocycles. The highest BCUT2D eigenvalue weighted by Gasteiger charge is 2.34. The van der Waals surface area contributed by atoms with Gasteiger partial charge in [-0.3, -0.25) is 4.79 Å². The van der Waals surface area contributed by atoms with Crippen molar-refractivity contribution in [1.29, 1.82) is 0 Å². The first kappa shape index (κ1) is 13.6. The topological polar surface area (TPSA) is 29.5 Å². The lowest BCUT2D eigenvalue weighted by atomic mass is 10.0. The number of morpholine rings is 1. The van der Waals surface area contributed by atoms with Gasteiger partial charge in [0.25, 0.3) is 0 Å². The molecule has 3 nitrogen and oxygen atoms in total. The molecule has 1 amide bonds. The molecule has 1 aromatic carbocycles. The first-order valence-electron chi connectivity index (χ1n) is 7.72. The lowest BCUT2D eigenvalue weighted by Gasteiger charge is -2.39. The maximum absolute atomic E-state index is 12.7. The van der Waals surface area contributed by atoms with E-state index in [2.05, 4.69) is 24.0 Å². The zero-order valence-electron chi connectivity index (χ0n) is 12.1. The maximum Gasteiger partial charge on any atom is 0.226 e. The van der Waals surface area contributed by atoms with Crippen LogP contribution in [0.25, 0.3) is 0 Å². The molecule has 2 fully saturated rings. The molecule has 1 heterocycles. The third-order valence-electron chi connectivity index (χ3n) is 4.59. The summed E-state index contributed by atoms with van der Waals surface area (Å²) in [5.41, 5.74) is 1.17. The Hall–Kier alpha value is -1.35. The molecule has 0 aromatic heterocycles. The van der Waals surface area contributed by atoms with Gasteiger partial charge >= 0.3 is 0 Å². The highest BCUT2D eigenvalue weighted by molar-refractivity contribution is 5.79. The number of ether oxygens (including phenoxy) is 1. The van der Waals surface area contributed by atoms with Crippen LogP contribution in [-0.4, -0.2) is 30.0 Å². The Labute approximate surface area is 120 Å². The molecule has 1 saturated heterocycles. The Morgan fingerprint density at radius 1 is 1.20 bits per heavy atom. The zero-order chi connectivity index (χ0) is 13.9. The second-order valence-electron chi connectivity index (χ2n) is 6.05. The van der Waals surface area contributed by atoms with E-state index in [0.717, 1.165) is 12.8 Å². The summed E-state index contributed by atoms with van der Waals surface area (Å²) in [6, 6.07) is 10.4. The quantitative estimate of drug-likeness (QED) is 0.828. The molecular weight excluding hydrogens is 250 g/mol. The third kappa shape index (κ3) is 2.73. The smallest absolute Gasteiger partial charge is 0.226 e. The molecule has 2 unspecified atom stereocenters. The number of amides is 1. The third-order valence-corrected chi connectivity index (χ3v) is 4.59. The normalized spacial score (nSPS) is 27.8. The maximum atomic E-state index is 12.7. The molecule has 20 heavy (non-hydrogen) atoms. The van der Waals surface area contributed by atoms with Crippen molar-refractivity contribution in [3.63, 3.8) is 0 Å². The van der Waals surface area contributed by atoms with Gasteiger partial charge in [0.2, 0.25) is 5.91 Å². The van der Waals surface area contributed by atoms with Crippen molar-refractivity contribution in [2.24, 2.45) is 5.92 Å². The van der Waals surface area contributed by atoms with Crippen LogP contribution in [0.15, 0.2) is 30.3 Å². The average Bonchev–Trinajstić information content (AvgIpc) is 3.02. The summed E-state index contributed by atoms with van der Waals surface area (Å²) >= 11 is 0. The van der Waals surface area contributed by atoms with Crippen molar-refractivity contribution >= 4 is 5.91 Å². The molecule has 108 valence electrons. The van der Waals surface area contributed by atoms with Gasteiger partial charge in [0.05, 0.1) is 19.2 Å². The van der Waals surface area contributed by atoms with Crippen LogP contribution in [0.4, 0.5) is 0 Å². The number of benzene rings is 1. The second kappa shape index (κ2) is 5.96. The van der Waals surface area contributed by atoms with Crippen LogP contribution in [0.3, 0.4) is 0 Å². The lowest BCUT2D eigenvalue weighted by Crippen LogP contribution is -2.50. The van der Waals surface area contributed by atoms with Gasteiger partial charge in [-0.25, -0.2) is 0 Å². The van der Waals surface area contributed by atoms with Crippen molar-refractivity contribution in [2.45, 2.75) is 44.8 Å². The fraction of sp³-hybridized carbons (Fsp3) is 0.588. The molecule has 1 saturated carbocycles. The van der Waals surface area contributed by atoms with Crippen LogP contribution in [0.1, 0.15) is 44.3 Å². The summed E-state index contributed by atoms with van der Waals surface area (Å²) in [6.07, 6.45) is 4.57. The first-order chi connectivity index (χ1) is 9.75. The van der Waals surface area contributed by atoms with Gasteiger partial charge in [0.15, 0.2) is 0 Å². The van der Waals surface area contributed by atoms with E-state index in [1.165, 1.54) is 18.4 Å². The molecule has 1 aliphatic carbocycles. The van der Waals surface area contributed by atoms with Gasteiger partial charge < -0.3 is 9.64 Å². The molecule has 2 aliphatic rings. The van der Waals surface area contributed by atoms with Gasteiger partial charge in [-0.2, -0.15) is 0 Å². The van der Waals surface area contributed by atoms with E-state index in [9.17, 15) is 4.79 Å². The van der Waals surface area contributed by atoms with Gasteiger partial charge in [0, 0.05) is 5.92 Å². The Balaban J connectivity index is 1.71. The Bertz CT molecular complexity index is 453. The molecule has 0 radical (unpaired) electrons. The van der Waals surface area contributed by atoms with Crippen LogP contribution < -0.4 is 0 Å². The van der Waals surface area contributed by atoms with E-state index in [0.29, 0.717) is 19.1 Å². The van der Waals surface area contributed by atoms with Crippen LogP contribution >= 0.6 is 0 Å². The fourth-order valence-electron chi connectivity index (χ4n) is 3.34. The molecule has 3 heteroatoms. The molecule has 3 rings (SSSR count). The van der Waals surface area contributed by atoms with Gasteiger partial charge in [-0.05, 0) is 25.3 Å². The van der Waals surface area contributed by atoms with Crippen molar-refractivity contribution in [1.82, 2.24) is 4.90 Å². The van der Waals surface area contributed by atoms with E-state index in [4.69, 9.17) is 4.74 Å². The van der Waals surface area contributed by atoms with E-state index in [1.54, 1.807) is 0 Å². The molecule has 0 spiro atoms. The summed E-state index contributed by atoms with van der Waals surface area (Å²) in [5.74, 6) is 0.603. The SMILES string of the molecule is CC1COC(c2ccccc2)CN1C(=O)C1CCCC1. The Morgan fingerprint density at radius 3 is 2.60 bits per heavy atom. The largest absolute Gasteiger partial charge is 0.370 e. The summed E-state index contributed by atoms with van der Waals surface area (Å²) < 4.78 is 5.93. The summed E-state index contributed by atoms with van der Waals surface area (Å²) in [4.78, 5) is 14.7. The van der Waals surface area contributed by atoms with Crippen molar-refractivity contribution in [2.75, 3.05) is 13.2 Å². The minimum atomic E-state index is 0.0257. The van der Waals surface area contributed by atoms with Crippen molar-refractivity contribution < 1.29 is 9.53 Å². The average molecular weight is 273 g/mol. The Kier molecular flexibility index (Phi) is 4.06. The molecular formula is C17H23NO2. The van der Waals surface area contributed by atoms with Crippen LogP contribution in [-0.2, 0) is 9.53 Å². The van der Waals surface area contributed by atoms with Crippen molar-refractivity contribution in [3.05, 3.63) is 35.9 Å². The van der Waals surface area contributed by atoms with E-state index >= 15 is 0 Å². The van der Waals surface area contributed by atoms with E-state index in [1.807, 2.05) is 18.2 Å². The van der Waals surface area contributed by atoms with E-state index in [-0.39, 0.29) is 18.1 Å². The monoisotopic (exact) mass is 273 g/mol. The van der Waals surface area contributed by atoms with Gasteiger partial charge in [0.1, 0.15) is 6.10 Å². The predicted molar refractivity (Wildman–Crippen MR) is 78.3 cm³/mol. The lowest BCUT2D eigenvalue weighted by molar-refractivity contribution is -0.148. The number of nitrogens with zero attached hydrogens (tertiary/aromatic N) is 1. The molecule has 1 aromatic rings. The minimum Gasteiger partial charge on any atom is -0.370 e. The van der Waals surface area contributed by atoms with Crippen LogP contribution in [0.2, 0.25) is 0 Å². The highest BCUT2D eigenvalue weighted by atomic mass is 16.5. The number of carbonyl (C=O) groups excluding carboxylic acids is 1. The zero-order valence-corrected chi connectivity index (χ0v) is 12.1. The number of hydrogen-bond donors (Lipinski definition) is 0. The molecule has 0 N–H and O–H groups in total. The minimum absolute atomic E-state index is 0.0257. The number of hydrogen-bond acceptors (Lipinski definition) is 2. The van der Waals surface area contributed by atoms with Crippen LogP contribution in [0.5, 0.6) is 0 Å². The predicted octanol–water partition coefficient (Wildman–Crippen LogP) is 3.17. The molecule has 2 atom stereocenters. The summed E-state index contributed by atoms with van der Waals surface area (Å²) in [7, 11) is 0. The number of carbonyl (C=O) groups is 1. The van der Waals surface area contributed by atoms with Crippen molar-refractivity contribution in [3.8, 4) is 0 Å². The first-order valence-corrected chi connectivity index (χ1v) is 7.72. The van der Waals surface area contributed by atoms with E-state index < -0.39 is 0 Å². The fourth-order valence-corrected chi connectivity index (χ4v) is 3.34. The Morgan fingerprint density at radius 2 is 1.90 bits per heavy atom. The summed E-state index contributed by atoms with van der Waals surface area (Å²) in [5, 5.41) is 0. The van der Waals surface area contributed by atoms with Gasteiger partial charge in [-0.15, -0.1) is 0 Å². The van der Waals surface area contributed by atoms with Crippen LogP contribution in [0, 0.1) is 5.92 Å².